The molecule has 3 aromatic carbocycles. The van der Waals surface area contributed by atoms with Crippen LogP contribution in [0.2, 0.25) is 0 Å². The fraction of sp³-hybridized carbons (Fsp3) is 0.356. The first-order chi connectivity index (χ1) is 31.7. The van der Waals surface area contributed by atoms with Crippen molar-refractivity contribution < 1.29 is 31.9 Å². The molecule has 21 heteroatoms. The summed E-state index contributed by atoms with van der Waals surface area (Å²) in [6.07, 6.45) is 4.64. The number of aryl methyl sites for hydroxylation is 1. The molecule has 2 aliphatic heterocycles. The topological polar surface area (TPSA) is 199 Å². The second kappa shape index (κ2) is 17.8. The van der Waals surface area contributed by atoms with Crippen molar-refractivity contribution in [2.75, 3.05) is 54.4 Å². The van der Waals surface area contributed by atoms with Gasteiger partial charge < -0.3 is 19.7 Å². The number of hydrogen-bond donors (Lipinski definition) is 2. The molecule has 2 saturated heterocycles. The van der Waals surface area contributed by atoms with Crippen molar-refractivity contribution in [3.05, 3.63) is 90.8 Å². The lowest BCUT2D eigenvalue weighted by molar-refractivity contribution is -0.120. The minimum Gasteiger partial charge on any atom is -0.485 e. The van der Waals surface area contributed by atoms with E-state index in [9.17, 15) is 18.0 Å². The molecule has 344 valence electrons. The lowest BCUT2D eigenvalue weighted by Gasteiger charge is -2.39. The second-order valence-electron chi connectivity index (χ2n) is 16.5. The van der Waals surface area contributed by atoms with E-state index in [0.717, 1.165) is 54.4 Å². The number of fused-ring (bicyclic) bond motifs is 2. The zero-order valence-corrected chi connectivity index (χ0v) is 38.2. The quantitative estimate of drug-likeness (QED) is 0.124. The van der Waals surface area contributed by atoms with E-state index in [1.165, 1.54) is 33.9 Å². The van der Waals surface area contributed by atoms with Crippen molar-refractivity contribution >= 4 is 61.5 Å². The molecule has 4 aromatic heterocycles. The standard InChI is InChI=1S/C45H50FN13O6S/c1-7-64-29(5)58-25-31(24-48-58)40-41(65-27(2)3)43-51-44(53-59(43)26-47-40)49-37-14-12-34(23-36(37)46)66(62,63)33-10-8-9-30(21-33)28(4)55-17-19-56(20-18-55)32-11-13-35-38(22-32)54(6)52-42(35)57-16-15-39(60)50-45(57)61/h8-14,21-29H,7,15-20H2,1-6H3,(H,49,53)(H,50,60,61)/t28-,29?/m0/s1. The van der Waals surface area contributed by atoms with E-state index in [1.54, 1.807) is 27.7 Å². The molecule has 6 heterocycles. The highest BCUT2D eigenvalue weighted by atomic mass is 32.2. The number of carbonyl (C=O) groups excluding carboxylic acids is 2. The smallest absolute Gasteiger partial charge is 0.329 e. The fourth-order valence-electron chi connectivity index (χ4n) is 8.34. The number of imide groups is 1. The fourth-order valence-corrected chi connectivity index (χ4v) is 9.67. The van der Waals surface area contributed by atoms with E-state index in [2.05, 4.69) is 58.7 Å². The van der Waals surface area contributed by atoms with Crippen molar-refractivity contribution in [1.82, 2.24) is 49.4 Å². The SMILES string of the molecule is CCOC(C)n1cc(-c2ncn3nc(Nc4ccc(S(=O)(=O)c5cccc([C@H](C)N6CCN(c7ccc8c(N9CCC(=O)NC9=O)nn(C)c8c7)CC6)c5)cc4F)nc3c2OC(C)C)cn1. The van der Waals surface area contributed by atoms with E-state index in [4.69, 9.17) is 9.47 Å². The molecule has 66 heavy (non-hydrogen) atoms. The van der Waals surface area contributed by atoms with Crippen LogP contribution in [-0.2, 0) is 26.4 Å². The van der Waals surface area contributed by atoms with Gasteiger partial charge in [0.1, 0.15) is 24.1 Å². The van der Waals surface area contributed by atoms with Gasteiger partial charge in [0.25, 0.3) is 0 Å². The third-order valence-electron chi connectivity index (χ3n) is 11.9. The zero-order chi connectivity index (χ0) is 46.4. The van der Waals surface area contributed by atoms with Gasteiger partial charge in [-0.25, -0.2) is 27.3 Å². The van der Waals surface area contributed by atoms with Gasteiger partial charge in [0.2, 0.25) is 27.3 Å². The van der Waals surface area contributed by atoms with Crippen LogP contribution in [-0.4, -0.2) is 110 Å². The molecule has 19 nitrogen and oxygen atoms in total. The molecular formula is C45H50FN13O6S. The predicted octanol–water partition coefficient (Wildman–Crippen LogP) is 6.26. The molecule has 0 spiro atoms. The maximum atomic E-state index is 15.8. The van der Waals surface area contributed by atoms with Gasteiger partial charge in [-0.15, -0.1) is 5.10 Å². The minimum atomic E-state index is -4.11. The molecule has 0 bridgehead atoms. The summed E-state index contributed by atoms with van der Waals surface area (Å²) in [4.78, 5) is 39.4. The Kier molecular flexibility index (Phi) is 11.9. The first-order valence-electron chi connectivity index (χ1n) is 21.8. The first-order valence-corrected chi connectivity index (χ1v) is 23.2. The highest BCUT2D eigenvalue weighted by Crippen LogP contribution is 2.35. The molecule has 1 unspecified atom stereocenters. The first kappa shape index (κ1) is 44.2. The Morgan fingerprint density at radius 3 is 2.47 bits per heavy atom. The zero-order valence-electron chi connectivity index (χ0n) is 37.3. The number of benzene rings is 3. The van der Waals surface area contributed by atoms with Crippen LogP contribution in [0.15, 0.2) is 89.2 Å². The van der Waals surface area contributed by atoms with Gasteiger partial charge in [0.05, 0.1) is 33.3 Å². The molecule has 2 atom stereocenters. The number of anilines is 4. The van der Waals surface area contributed by atoms with E-state index in [1.807, 2.05) is 59.1 Å². The van der Waals surface area contributed by atoms with Crippen molar-refractivity contribution in [2.24, 2.45) is 7.05 Å². The summed E-state index contributed by atoms with van der Waals surface area (Å²) in [5.74, 6) is -0.181. The summed E-state index contributed by atoms with van der Waals surface area (Å²) in [6, 6.07) is 16.0. The summed E-state index contributed by atoms with van der Waals surface area (Å²) in [5, 5.41) is 19.5. The lowest BCUT2D eigenvalue weighted by Crippen LogP contribution is -2.49. The number of piperazine rings is 1. The second-order valence-corrected chi connectivity index (χ2v) is 18.5. The number of halogens is 1. The average Bonchev–Trinajstić information content (AvgIpc) is 4.05. The normalized spacial score (nSPS) is 16.1. The molecule has 0 aliphatic carbocycles. The largest absolute Gasteiger partial charge is 0.485 e. The minimum absolute atomic E-state index is 0.0210. The van der Waals surface area contributed by atoms with Gasteiger partial charge in [-0.05, 0) is 88.7 Å². The van der Waals surface area contributed by atoms with Crippen LogP contribution in [0.5, 0.6) is 5.75 Å². The summed E-state index contributed by atoms with van der Waals surface area (Å²) in [6.45, 7) is 13.3. The van der Waals surface area contributed by atoms with Gasteiger partial charge in [-0.2, -0.15) is 19.7 Å². The van der Waals surface area contributed by atoms with Crippen molar-refractivity contribution in [2.45, 2.75) is 69.2 Å². The number of rotatable bonds is 14. The highest BCUT2D eigenvalue weighted by Gasteiger charge is 2.30. The summed E-state index contributed by atoms with van der Waals surface area (Å²) in [5.41, 5.74) is 4.19. The number of hydrogen-bond acceptors (Lipinski definition) is 14. The van der Waals surface area contributed by atoms with Crippen LogP contribution >= 0.6 is 0 Å². The summed E-state index contributed by atoms with van der Waals surface area (Å²) >= 11 is 0. The molecule has 0 radical (unpaired) electrons. The van der Waals surface area contributed by atoms with Crippen LogP contribution < -0.4 is 25.2 Å². The van der Waals surface area contributed by atoms with Gasteiger partial charge in [-0.1, -0.05) is 12.1 Å². The molecule has 0 saturated carbocycles. The number of carbonyl (C=O) groups is 2. The molecular weight excluding hydrogens is 870 g/mol. The number of nitrogens with zero attached hydrogens (tertiary/aromatic N) is 11. The summed E-state index contributed by atoms with van der Waals surface area (Å²) < 4.78 is 60.5. The van der Waals surface area contributed by atoms with Crippen molar-refractivity contribution in [3.8, 4) is 17.0 Å². The van der Waals surface area contributed by atoms with E-state index < -0.39 is 21.7 Å². The van der Waals surface area contributed by atoms with Crippen LogP contribution in [0.4, 0.5) is 32.3 Å². The third kappa shape index (κ3) is 8.51. The maximum absolute atomic E-state index is 15.8. The Morgan fingerprint density at radius 1 is 0.939 bits per heavy atom. The van der Waals surface area contributed by atoms with Gasteiger partial charge >= 0.3 is 6.03 Å². The Hall–Kier alpha value is -6.97. The number of amides is 3. The molecule has 7 aromatic rings. The highest BCUT2D eigenvalue weighted by molar-refractivity contribution is 7.91. The third-order valence-corrected chi connectivity index (χ3v) is 13.6. The maximum Gasteiger partial charge on any atom is 0.329 e. The van der Waals surface area contributed by atoms with Gasteiger partial charge in [0, 0.05) is 81.7 Å². The Labute approximate surface area is 380 Å². The Bertz CT molecular complexity index is 3090. The Morgan fingerprint density at radius 2 is 1.73 bits per heavy atom. The lowest BCUT2D eigenvalue weighted by atomic mass is 10.1. The molecule has 3 amide bonds. The number of urea groups is 1. The van der Waals surface area contributed by atoms with Crippen LogP contribution in [0.25, 0.3) is 27.8 Å². The number of sulfone groups is 1. The summed E-state index contributed by atoms with van der Waals surface area (Å²) in [7, 11) is -2.28. The number of aromatic nitrogens is 8. The van der Waals surface area contributed by atoms with Crippen LogP contribution in [0, 0.1) is 5.82 Å². The van der Waals surface area contributed by atoms with Gasteiger partial charge in [-0.3, -0.25) is 24.6 Å². The van der Waals surface area contributed by atoms with Crippen molar-refractivity contribution in [1.29, 1.82) is 0 Å². The monoisotopic (exact) mass is 919 g/mol. The predicted molar refractivity (Wildman–Crippen MR) is 244 cm³/mol. The van der Waals surface area contributed by atoms with E-state index in [-0.39, 0.29) is 58.7 Å². The van der Waals surface area contributed by atoms with Crippen LogP contribution in [0.3, 0.4) is 0 Å². The van der Waals surface area contributed by atoms with Gasteiger partial charge in [0.15, 0.2) is 11.6 Å². The molecule has 2 N–H and O–H groups in total. The molecule has 9 rings (SSSR count). The number of nitrogens with one attached hydrogen (secondary N) is 2. The molecule has 2 fully saturated rings. The molecule has 2 aliphatic rings. The van der Waals surface area contributed by atoms with Crippen molar-refractivity contribution in [3.63, 3.8) is 0 Å². The van der Waals surface area contributed by atoms with E-state index in [0.29, 0.717) is 35.1 Å². The van der Waals surface area contributed by atoms with Crippen LogP contribution in [0.1, 0.15) is 58.9 Å². The average molecular weight is 920 g/mol. The number of ether oxygens (including phenoxy) is 2. The Balaban J connectivity index is 0.872. The van der Waals surface area contributed by atoms with E-state index >= 15 is 4.39 Å².